The molecule has 0 bridgehead atoms. The van der Waals surface area contributed by atoms with Crippen LogP contribution in [0.1, 0.15) is 72.6 Å². The first-order chi connectivity index (χ1) is 14.7. The van der Waals surface area contributed by atoms with Gasteiger partial charge in [-0.1, -0.05) is 62.9 Å². The van der Waals surface area contributed by atoms with E-state index >= 15 is 0 Å². The second kappa shape index (κ2) is 9.51. The number of carbonyl (C=O) groups is 1. The van der Waals surface area contributed by atoms with Gasteiger partial charge in [-0.25, -0.2) is 4.79 Å². The lowest BCUT2D eigenvalue weighted by molar-refractivity contribution is 0.0600. The van der Waals surface area contributed by atoms with Gasteiger partial charge >= 0.3 is 5.97 Å². The summed E-state index contributed by atoms with van der Waals surface area (Å²) in [6.45, 7) is 3.43. The third-order valence-electron chi connectivity index (χ3n) is 6.60. The van der Waals surface area contributed by atoms with Crippen molar-refractivity contribution in [3.63, 3.8) is 0 Å². The first-order valence-electron chi connectivity index (χ1n) is 11.5. The molecule has 1 heterocycles. The van der Waals surface area contributed by atoms with E-state index in [9.17, 15) is 4.79 Å². The van der Waals surface area contributed by atoms with E-state index < -0.39 is 0 Å². The van der Waals surface area contributed by atoms with E-state index in [1.54, 1.807) is 0 Å². The van der Waals surface area contributed by atoms with Gasteiger partial charge in [0, 0.05) is 23.1 Å². The summed E-state index contributed by atoms with van der Waals surface area (Å²) in [4.78, 5) is 11.8. The summed E-state index contributed by atoms with van der Waals surface area (Å²) in [6, 6.07) is 16.8. The molecule has 0 spiro atoms. The lowest BCUT2D eigenvalue weighted by Gasteiger charge is -2.24. The molecule has 30 heavy (non-hydrogen) atoms. The van der Waals surface area contributed by atoms with Gasteiger partial charge in [0.2, 0.25) is 0 Å². The Kier molecular flexibility index (Phi) is 6.56. The first-order valence-corrected chi connectivity index (χ1v) is 11.5. The summed E-state index contributed by atoms with van der Waals surface area (Å²) in [6.07, 6.45) is 10.0. The predicted octanol–water partition coefficient (Wildman–Crippen LogP) is 6.55. The van der Waals surface area contributed by atoms with Gasteiger partial charge in [-0.05, 0) is 60.9 Å². The molecular weight excluding hydrogens is 370 g/mol. The minimum absolute atomic E-state index is 0.280. The fraction of sp³-hybridized carbons (Fsp3) is 0.444. The van der Waals surface area contributed by atoms with Gasteiger partial charge in [0.1, 0.15) is 0 Å². The Bertz CT molecular complexity index is 994. The summed E-state index contributed by atoms with van der Waals surface area (Å²) >= 11 is 0. The number of para-hydroxylation sites is 1. The molecule has 158 valence electrons. The van der Waals surface area contributed by atoms with Crippen molar-refractivity contribution in [1.82, 2.24) is 4.57 Å². The first kappa shape index (κ1) is 20.7. The van der Waals surface area contributed by atoms with Crippen molar-refractivity contribution >= 4 is 16.9 Å². The standard InChI is InChI=1S/C27H33NO2/c1-3-9-25-24(18-20-14-16-22(17-15-20)27(29)30-2)23-12-7-8-13-26(23)28(25)19-21-10-5-4-6-11-21/h7-8,12-17,21H,3-6,9-11,18-19H2,1-2H3. The highest BCUT2D eigenvalue weighted by molar-refractivity contribution is 5.89. The largest absolute Gasteiger partial charge is 0.465 e. The molecule has 2 aromatic carbocycles. The molecular formula is C27H33NO2. The lowest BCUT2D eigenvalue weighted by Crippen LogP contribution is -2.16. The van der Waals surface area contributed by atoms with E-state index in [4.69, 9.17) is 4.74 Å². The van der Waals surface area contributed by atoms with E-state index in [2.05, 4.69) is 47.9 Å². The molecule has 0 N–H and O–H groups in total. The Morgan fingerprint density at radius 1 is 1.03 bits per heavy atom. The van der Waals surface area contributed by atoms with Gasteiger partial charge in [0.15, 0.2) is 0 Å². The Labute approximate surface area is 180 Å². The van der Waals surface area contributed by atoms with Crippen molar-refractivity contribution in [2.24, 2.45) is 5.92 Å². The van der Waals surface area contributed by atoms with Crippen LogP contribution < -0.4 is 0 Å². The fourth-order valence-electron chi connectivity index (χ4n) is 5.06. The maximum Gasteiger partial charge on any atom is 0.337 e. The van der Waals surface area contributed by atoms with Gasteiger partial charge in [-0.2, -0.15) is 0 Å². The second-order valence-electron chi connectivity index (χ2n) is 8.67. The number of nitrogens with zero attached hydrogens (tertiary/aromatic N) is 1. The second-order valence-corrected chi connectivity index (χ2v) is 8.67. The van der Waals surface area contributed by atoms with Crippen molar-refractivity contribution in [3.8, 4) is 0 Å². The Morgan fingerprint density at radius 2 is 1.77 bits per heavy atom. The number of carbonyl (C=O) groups excluding carboxylic acids is 1. The van der Waals surface area contributed by atoms with Crippen LogP contribution in [0.5, 0.6) is 0 Å². The van der Waals surface area contributed by atoms with Crippen LogP contribution in [0.15, 0.2) is 48.5 Å². The van der Waals surface area contributed by atoms with Crippen molar-refractivity contribution in [2.45, 2.75) is 64.8 Å². The zero-order valence-corrected chi connectivity index (χ0v) is 18.3. The Balaban J connectivity index is 1.71. The SMILES string of the molecule is CCCc1c(Cc2ccc(C(=O)OC)cc2)c2ccccc2n1CC1CCCCC1. The normalized spacial score (nSPS) is 14.9. The number of fused-ring (bicyclic) bond motifs is 1. The predicted molar refractivity (Wildman–Crippen MR) is 123 cm³/mol. The average Bonchev–Trinajstić information content (AvgIpc) is 3.07. The van der Waals surface area contributed by atoms with Gasteiger partial charge in [-0.15, -0.1) is 0 Å². The Morgan fingerprint density at radius 3 is 2.47 bits per heavy atom. The Hall–Kier alpha value is -2.55. The number of hydrogen-bond acceptors (Lipinski definition) is 2. The summed E-state index contributed by atoms with van der Waals surface area (Å²) < 4.78 is 7.47. The monoisotopic (exact) mass is 403 g/mol. The van der Waals surface area contributed by atoms with E-state index in [0.717, 1.165) is 31.7 Å². The zero-order valence-electron chi connectivity index (χ0n) is 18.3. The molecule has 1 aliphatic rings. The average molecular weight is 404 g/mol. The molecule has 1 aliphatic carbocycles. The van der Waals surface area contributed by atoms with Crippen molar-refractivity contribution in [3.05, 3.63) is 70.9 Å². The third kappa shape index (κ3) is 4.30. The van der Waals surface area contributed by atoms with Gasteiger partial charge in [0.25, 0.3) is 0 Å². The van der Waals surface area contributed by atoms with Crippen LogP contribution in [0.2, 0.25) is 0 Å². The third-order valence-corrected chi connectivity index (χ3v) is 6.60. The van der Waals surface area contributed by atoms with E-state index in [-0.39, 0.29) is 5.97 Å². The molecule has 1 fully saturated rings. The highest BCUT2D eigenvalue weighted by atomic mass is 16.5. The van der Waals surface area contributed by atoms with E-state index in [1.807, 2.05) is 12.1 Å². The molecule has 0 atom stereocenters. The topological polar surface area (TPSA) is 31.2 Å². The van der Waals surface area contributed by atoms with E-state index in [0.29, 0.717) is 5.56 Å². The molecule has 3 heteroatoms. The van der Waals surface area contributed by atoms with Crippen LogP contribution in [-0.4, -0.2) is 17.6 Å². The van der Waals surface area contributed by atoms with E-state index in [1.165, 1.54) is 66.9 Å². The number of esters is 1. The number of methoxy groups -OCH3 is 1. The van der Waals surface area contributed by atoms with Crippen molar-refractivity contribution in [1.29, 1.82) is 0 Å². The van der Waals surface area contributed by atoms with Gasteiger partial charge < -0.3 is 9.30 Å². The summed E-state index contributed by atoms with van der Waals surface area (Å²) in [5, 5.41) is 1.38. The molecule has 4 rings (SSSR count). The van der Waals surface area contributed by atoms with Crippen LogP contribution in [0, 0.1) is 5.92 Å². The number of benzene rings is 2. The van der Waals surface area contributed by atoms with Crippen LogP contribution in [0.3, 0.4) is 0 Å². The highest BCUT2D eigenvalue weighted by Crippen LogP contribution is 2.33. The maximum atomic E-state index is 11.8. The minimum Gasteiger partial charge on any atom is -0.465 e. The number of hydrogen-bond donors (Lipinski definition) is 0. The number of ether oxygens (including phenoxy) is 1. The zero-order chi connectivity index (χ0) is 20.9. The molecule has 1 saturated carbocycles. The quantitative estimate of drug-likeness (QED) is 0.419. The minimum atomic E-state index is -0.280. The van der Waals surface area contributed by atoms with Crippen molar-refractivity contribution < 1.29 is 9.53 Å². The smallest absolute Gasteiger partial charge is 0.337 e. The molecule has 0 unspecified atom stereocenters. The summed E-state index contributed by atoms with van der Waals surface area (Å²) in [5.41, 5.74) is 6.18. The lowest BCUT2D eigenvalue weighted by atomic mass is 9.89. The number of rotatable bonds is 7. The summed E-state index contributed by atoms with van der Waals surface area (Å²) in [7, 11) is 1.43. The maximum absolute atomic E-state index is 11.8. The van der Waals surface area contributed by atoms with Crippen LogP contribution in [-0.2, 0) is 24.1 Å². The molecule has 0 amide bonds. The van der Waals surface area contributed by atoms with Crippen LogP contribution >= 0.6 is 0 Å². The summed E-state index contributed by atoms with van der Waals surface area (Å²) in [5.74, 6) is 0.523. The molecule has 3 aromatic rings. The van der Waals surface area contributed by atoms with Crippen LogP contribution in [0.4, 0.5) is 0 Å². The molecule has 0 radical (unpaired) electrons. The van der Waals surface area contributed by atoms with Gasteiger partial charge in [-0.3, -0.25) is 0 Å². The van der Waals surface area contributed by atoms with Crippen LogP contribution in [0.25, 0.3) is 10.9 Å². The van der Waals surface area contributed by atoms with Gasteiger partial charge in [0.05, 0.1) is 12.7 Å². The molecule has 3 nitrogen and oxygen atoms in total. The molecule has 1 aromatic heterocycles. The molecule has 0 aliphatic heterocycles. The highest BCUT2D eigenvalue weighted by Gasteiger charge is 2.21. The fourth-order valence-corrected chi connectivity index (χ4v) is 5.06. The van der Waals surface area contributed by atoms with Crippen molar-refractivity contribution in [2.75, 3.05) is 7.11 Å². The molecule has 0 saturated heterocycles. The number of aromatic nitrogens is 1.